The fourth-order valence-corrected chi connectivity index (χ4v) is 2.60. The summed E-state index contributed by atoms with van der Waals surface area (Å²) in [6.45, 7) is 8.85. The number of halogens is 1. The van der Waals surface area contributed by atoms with E-state index in [9.17, 15) is 0 Å². The maximum absolute atomic E-state index is 6.11. The third-order valence-electron chi connectivity index (χ3n) is 2.25. The molecule has 0 spiro atoms. The molecule has 0 rings (SSSR count). The van der Waals surface area contributed by atoms with Crippen LogP contribution in [0.3, 0.4) is 0 Å². The zero-order valence-electron chi connectivity index (χ0n) is 8.64. The second-order valence-electron chi connectivity index (χ2n) is 3.57. The molecule has 0 saturated heterocycles. The van der Waals surface area contributed by atoms with Gasteiger partial charge in [0.15, 0.2) is 0 Å². The highest BCUT2D eigenvalue weighted by atomic mass is 35.5. The maximum Gasteiger partial charge on any atom is 0.0338 e. The molecule has 0 aliphatic heterocycles. The van der Waals surface area contributed by atoms with Crippen molar-refractivity contribution in [1.82, 2.24) is 0 Å². The smallest absolute Gasteiger partial charge is 0.0338 e. The lowest BCUT2D eigenvalue weighted by atomic mass is 9.90. The van der Waals surface area contributed by atoms with Gasteiger partial charge < -0.3 is 0 Å². The Labute approximate surface area is 86.5 Å². The van der Waals surface area contributed by atoms with Crippen molar-refractivity contribution in [3.63, 3.8) is 0 Å². The number of rotatable bonds is 6. The summed E-state index contributed by atoms with van der Waals surface area (Å²) in [6, 6.07) is 0. The van der Waals surface area contributed by atoms with Crippen molar-refractivity contribution in [3.8, 4) is 0 Å². The molecule has 2 atom stereocenters. The summed E-state index contributed by atoms with van der Waals surface area (Å²) in [6.07, 6.45) is 1.26. The monoisotopic (exact) mass is 208 g/mol. The van der Waals surface area contributed by atoms with Gasteiger partial charge in [-0.25, -0.2) is 0 Å². The van der Waals surface area contributed by atoms with E-state index in [0.717, 1.165) is 5.92 Å². The van der Waals surface area contributed by atoms with Crippen LogP contribution in [0.2, 0.25) is 0 Å². The SMILES string of the molecule is CCSCCC(C(C)C)C(C)Cl. The molecule has 0 saturated carbocycles. The molecule has 0 nitrogen and oxygen atoms in total. The van der Waals surface area contributed by atoms with Crippen molar-refractivity contribution in [2.75, 3.05) is 11.5 Å². The molecule has 0 aromatic carbocycles. The summed E-state index contributed by atoms with van der Waals surface area (Å²) in [5, 5.41) is 0.322. The Bertz CT molecular complexity index is 94.0. The van der Waals surface area contributed by atoms with Crippen LogP contribution in [-0.2, 0) is 0 Å². The van der Waals surface area contributed by atoms with Crippen molar-refractivity contribution in [3.05, 3.63) is 0 Å². The molecule has 0 radical (unpaired) electrons. The van der Waals surface area contributed by atoms with Gasteiger partial charge in [-0.2, -0.15) is 11.8 Å². The Balaban J connectivity index is 3.64. The van der Waals surface area contributed by atoms with E-state index in [-0.39, 0.29) is 0 Å². The highest BCUT2D eigenvalue weighted by molar-refractivity contribution is 7.99. The van der Waals surface area contributed by atoms with Crippen molar-refractivity contribution in [2.24, 2.45) is 11.8 Å². The summed E-state index contributed by atoms with van der Waals surface area (Å²) in [7, 11) is 0. The van der Waals surface area contributed by atoms with Gasteiger partial charge in [-0.05, 0) is 36.7 Å². The molecule has 2 heteroatoms. The molecule has 0 N–H and O–H groups in total. The molecular weight excluding hydrogens is 188 g/mol. The minimum absolute atomic E-state index is 0.322. The summed E-state index contributed by atoms with van der Waals surface area (Å²) >= 11 is 8.12. The second-order valence-corrected chi connectivity index (χ2v) is 5.65. The van der Waals surface area contributed by atoms with Gasteiger partial charge in [0.2, 0.25) is 0 Å². The average molecular weight is 209 g/mol. The van der Waals surface area contributed by atoms with Crippen LogP contribution in [-0.4, -0.2) is 16.9 Å². The van der Waals surface area contributed by atoms with Crippen LogP contribution >= 0.6 is 23.4 Å². The summed E-state index contributed by atoms with van der Waals surface area (Å²) in [5.41, 5.74) is 0. The van der Waals surface area contributed by atoms with Crippen LogP contribution in [0.1, 0.15) is 34.1 Å². The number of thioether (sulfide) groups is 1. The van der Waals surface area contributed by atoms with E-state index in [1.54, 1.807) is 0 Å². The van der Waals surface area contributed by atoms with Gasteiger partial charge >= 0.3 is 0 Å². The van der Waals surface area contributed by atoms with Gasteiger partial charge in [-0.15, -0.1) is 11.6 Å². The van der Waals surface area contributed by atoms with Gasteiger partial charge in [0.1, 0.15) is 0 Å². The van der Waals surface area contributed by atoms with Gasteiger partial charge in [-0.1, -0.05) is 20.8 Å². The molecule has 0 amide bonds. The van der Waals surface area contributed by atoms with E-state index in [1.807, 2.05) is 11.8 Å². The van der Waals surface area contributed by atoms with E-state index in [4.69, 9.17) is 11.6 Å². The Kier molecular flexibility index (Phi) is 7.46. The first kappa shape index (κ1) is 12.6. The Hall–Kier alpha value is 0.640. The topological polar surface area (TPSA) is 0 Å². The maximum atomic E-state index is 6.11. The second kappa shape index (κ2) is 7.08. The van der Waals surface area contributed by atoms with Crippen LogP contribution in [0, 0.1) is 11.8 Å². The molecule has 0 aromatic heterocycles. The zero-order chi connectivity index (χ0) is 9.56. The van der Waals surface area contributed by atoms with Crippen LogP contribution in [0.15, 0.2) is 0 Å². The van der Waals surface area contributed by atoms with Crippen LogP contribution in [0.25, 0.3) is 0 Å². The fourth-order valence-electron chi connectivity index (χ4n) is 1.46. The lowest BCUT2D eigenvalue weighted by Crippen LogP contribution is -2.18. The van der Waals surface area contributed by atoms with Crippen LogP contribution < -0.4 is 0 Å². The highest BCUT2D eigenvalue weighted by Crippen LogP contribution is 2.24. The van der Waals surface area contributed by atoms with Gasteiger partial charge in [0.05, 0.1) is 0 Å². The van der Waals surface area contributed by atoms with E-state index in [0.29, 0.717) is 11.3 Å². The third-order valence-corrected chi connectivity index (χ3v) is 3.50. The van der Waals surface area contributed by atoms with E-state index < -0.39 is 0 Å². The van der Waals surface area contributed by atoms with Crippen molar-refractivity contribution >= 4 is 23.4 Å². The first-order valence-electron chi connectivity index (χ1n) is 4.81. The van der Waals surface area contributed by atoms with Gasteiger partial charge in [0, 0.05) is 5.38 Å². The van der Waals surface area contributed by atoms with E-state index in [1.165, 1.54) is 17.9 Å². The molecule has 74 valence electrons. The molecule has 2 unspecified atom stereocenters. The minimum Gasteiger partial charge on any atom is -0.162 e. The molecule has 0 bridgehead atoms. The van der Waals surface area contributed by atoms with Crippen LogP contribution in [0.5, 0.6) is 0 Å². The predicted molar refractivity (Wildman–Crippen MR) is 61.3 cm³/mol. The minimum atomic E-state index is 0.322. The Morgan fingerprint density at radius 1 is 1.25 bits per heavy atom. The predicted octanol–water partition coefficient (Wildman–Crippen LogP) is 4.03. The highest BCUT2D eigenvalue weighted by Gasteiger charge is 2.17. The molecule has 0 fully saturated rings. The fraction of sp³-hybridized carbons (Fsp3) is 1.00. The first-order chi connectivity index (χ1) is 5.59. The lowest BCUT2D eigenvalue weighted by molar-refractivity contribution is 0.370. The van der Waals surface area contributed by atoms with Crippen molar-refractivity contribution in [2.45, 2.75) is 39.5 Å². The van der Waals surface area contributed by atoms with E-state index in [2.05, 4.69) is 27.7 Å². The Morgan fingerprint density at radius 3 is 2.17 bits per heavy atom. The number of hydrogen-bond acceptors (Lipinski definition) is 1. The van der Waals surface area contributed by atoms with Gasteiger partial charge in [-0.3, -0.25) is 0 Å². The summed E-state index contributed by atoms with van der Waals surface area (Å²) in [5.74, 6) is 3.89. The largest absolute Gasteiger partial charge is 0.162 e. The third kappa shape index (κ3) is 5.31. The molecule has 0 aliphatic rings. The number of hydrogen-bond donors (Lipinski definition) is 0. The lowest BCUT2D eigenvalue weighted by Gasteiger charge is -2.22. The standard InChI is InChI=1S/C10H21ClS/c1-5-12-7-6-10(8(2)3)9(4)11/h8-10H,5-7H2,1-4H3. The molecular formula is C10H21ClS. The van der Waals surface area contributed by atoms with E-state index >= 15 is 0 Å². The first-order valence-corrected chi connectivity index (χ1v) is 6.40. The zero-order valence-corrected chi connectivity index (χ0v) is 10.2. The average Bonchev–Trinajstić information content (AvgIpc) is 1.96. The van der Waals surface area contributed by atoms with Crippen LogP contribution in [0.4, 0.5) is 0 Å². The summed E-state index contributed by atoms with van der Waals surface area (Å²) < 4.78 is 0. The Morgan fingerprint density at radius 2 is 1.83 bits per heavy atom. The molecule has 0 heterocycles. The normalized spacial score (nSPS) is 16.5. The summed E-state index contributed by atoms with van der Waals surface area (Å²) in [4.78, 5) is 0. The quantitative estimate of drug-likeness (QED) is 0.469. The number of alkyl halides is 1. The van der Waals surface area contributed by atoms with Crippen molar-refractivity contribution in [1.29, 1.82) is 0 Å². The van der Waals surface area contributed by atoms with Crippen molar-refractivity contribution < 1.29 is 0 Å². The molecule has 12 heavy (non-hydrogen) atoms. The molecule has 0 aliphatic carbocycles. The van der Waals surface area contributed by atoms with Gasteiger partial charge in [0.25, 0.3) is 0 Å². The molecule has 0 aromatic rings.